The zero-order valence-electron chi connectivity index (χ0n) is 11.9. The summed E-state index contributed by atoms with van der Waals surface area (Å²) >= 11 is 7.91. The van der Waals surface area contributed by atoms with Crippen molar-refractivity contribution in [3.05, 3.63) is 58.6 Å². The minimum atomic E-state index is -0.489. The normalized spacial score (nSPS) is 12.7. The summed E-state index contributed by atoms with van der Waals surface area (Å²) in [6.45, 7) is 6.12. The molecule has 0 amide bonds. The third-order valence-corrected chi connectivity index (χ3v) is 4.72. The van der Waals surface area contributed by atoms with Gasteiger partial charge in [0.05, 0.1) is 11.1 Å². The number of benzene rings is 2. The molecule has 106 valence electrons. The first-order chi connectivity index (χ1) is 9.47. The summed E-state index contributed by atoms with van der Waals surface area (Å²) < 4.78 is 0. The summed E-state index contributed by atoms with van der Waals surface area (Å²) in [4.78, 5) is 2.18. The van der Waals surface area contributed by atoms with E-state index < -0.39 is 6.10 Å². The van der Waals surface area contributed by atoms with Gasteiger partial charge in [0.15, 0.2) is 0 Å². The number of halogens is 1. The van der Waals surface area contributed by atoms with Crippen LogP contribution in [-0.4, -0.2) is 5.11 Å². The molecule has 1 nitrogen and oxygen atoms in total. The van der Waals surface area contributed by atoms with Crippen LogP contribution < -0.4 is 0 Å². The first-order valence-corrected chi connectivity index (χ1v) is 7.92. The fourth-order valence-corrected chi connectivity index (χ4v) is 3.03. The predicted molar refractivity (Wildman–Crippen MR) is 86.7 cm³/mol. The molecular weight excluding hydrogens is 288 g/mol. The molecule has 0 aliphatic heterocycles. The van der Waals surface area contributed by atoms with Crippen molar-refractivity contribution in [2.24, 2.45) is 0 Å². The maximum atomic E-state index is 9.55. The average Bonchev–Trinajstić information content (AvgIpc) is 2.41. The Kier molecular flexibility index (Phi) is 5.14. The largest absolute Gasteiger partial charge is 0.389 e. The first-order valence-electron chi connectivity index (χ1n) is 6.72. The van der Waals surface area contributed by atoms with Crippen LogP contribution in [0.5, 0.6) is 0 Å². The topological polar surface area (TPSA) is 20.2 Å². The Balaban J connectivity index is 2.17. The van der Waals surface area contributed by atoms with Gasteiger partial charge in [-0.05, 0) is 48.2 Å². The maximum absolute atomic E-state index is 9.55. The summed E-state index contributed by atoms with van der Waals surface area (Å²) in [7, 11) is 0. The zero-order valence-corrected chi connectivity index (χ0v) is 13.5. The summed E-state index contributed by atoms with van der Waals surface area (Å²) in [5.74, 6) is 0.544. The van der Waals surface area contributed by atoms with Gasteiger partial charge in [-0.3, -0.25) is 0 Å². The summed E-state index contributed by atoms with van der Waals surface area (Å²) in [6, 6.07) is 14.3. The van der Waals surface area contributed by atoms with Crippen LogP contribution in [0.1, 0.15) is 43.9 Å². The van der Waals surface area contributed by atoms with Crippen LogP contribution in [0.2, 0.25) is 5.02 Å². The summed E-state index contributed by atoms with van der Waals surface area (Å²) in [6.07, 6.45) is -0.489. The van der Waals surface area contributed by atoms with E-state index in [1.807, 2.05) is 18.2 Å². The summed E-state index contributed by atoms with van der Waals surface area (Å²) in [5, 5.41) is 10.2. The number of aliphatic hydroxyl groups excluding tert-OH is 1. The lowest BCUT2D eigenvalue weighted by Gasteiger charge is -2.10. The Morgan fingerprint density at radius 2 is 1.55 bits per heavy atom. The van der Waals surface area contributed by atoms with Crippen molar-refractivity contribution in [3.63, 3.8) is 0 Å². The Hall–Kier alpha value is -0.960. The molecule has 0 radical (unpaired) electrons. The molecule has 0 aliphatic rings. The molecular formula is C17H19ClOS. The molecule has 2 aromatic carbocycles. The Morgan fingerprint density at radius 1 is 0.950 bits per heavy atom. The quantitative estimate of drug-likeness (QED) is 0.785. The van der Waals surface area contributed by atoms with E-state index in [9.17, 15) is 5.11 Å². The molecule has 2 aromatic rings. The highest BCUT2D eigenvalue weighted by atomic mass is 35.5. The lowest BCUT2D eigenvalue weighted by molar-refractivity contribution is 0.199. The molecule has 0 unspecified atom stereocenters. The summed E-state index contributed by atoms with van der Waals surface area (Å²) in [5.41, 5.74) is 2.18. The van der Waals surface area contributed by atoms with Crippen molar-refractivity contribution >= 4 is 23.4 Å². The van der Waals surface area contributed by atoms with Crippen molar-refractivity contribution in [1.29, 1.82) is 0 Å². The first kappa shape index (κ1) is 15.4. The highest BCUT2D eigenvalue weighted by Gasteiger charge is 2.07. The standard InChI is InChI=1S/C17H19ClOS/c1-11(2)13-4-7-15(8-5-13)20-17-9-6-14(12(3)19)10-16(17)18/h4-12,19H,1-3H3/t12-/m0/s1. The molecule has 1 N–H and O–H groups in total. The molecule has 20 heavy (non-hydrogen) atoms. The van der Waals surface area contributed by atoms with Gasteiger partial charge in [0.2, 0.25) is 0 Å². The average molecular weight is 307 g/mol. The van der Waals surface area contributed by atoms with Crippen LogP contribution in [-0.2, 0) is 0 Å². The molecule has 0 saturated carbocycles. The van der Waals surface area contributed by atoms with Crippen molar-refractivity contribution in [2.75, 3.05) is 0 Å². The second kappa shape index (κ2) is 6.66. The molecule has 2 rings (SSSR count). The SMILES string of the molecule is CC(C)c1ccc(Sc2ccc([C@H](C)O)cc2Cl)cc1. The highest BCUT2D eigenvalue weighted by Crippen LogP contribution is 2.35. The lowest BCUT2D eigenvalue weighted by atomic mass is 10.0. The van der Waals surface area contributed by atoms with E-state index in [0.717, 1.165) is 10.5 Å². The second-order valence-electron chi connectivity index (χ2n) is 5.19. The van der Waals surface area contributed by atoms with Gasteiger partial charge in [-0.2, -0.15) is 0 Å². The van der Waals surface area contributed by atoms with Gasteiger partial charge in [-0.25, -0.2) is 0 Å². The van der Waals surface area contributed by atoms with Crippen LogP contribution >= 0.6 is 23.4 Å². The molecule has 0 saturated heterocycles. The smallest absolute Gasteiger partial charge is 0.0762 e. The lowest BCUT2D eigenvalue weighted by Crippen LogP contribution is -1.91. The minimum absolute atomic E-state index is 0.489. The van der Waals surface area contributed by atoms with E-state index in [0.29, 0.717) is 10.9 Å². The predicted octanol–water partition coefficient (Wildman–Crippen LogP) is 5.67. The number of aliphatic hydroxyl groups is 1. The Bertz CT molecular complexity index is 576. The maximum Gasteiger partial charge on any atom is 0.0762 e. The van der Waals surface area contributed by atoms with Crippen LogP contribution in [0.4, 0.5) is 0 Å². The fraction of sp³-hybridized carbons (Fsp3) is 0.294. The number of hydrogen-bond acceptors (Lipinski definition) is 2. The van der Waals surface area contributed by atoms with Crippen molar-refractivity contribution in [1.82, 2.24) is 0 Å². The van der Waals surface area contributed by atoms with E-state index in [1.165, 1.54) is 10.5 Å². The van der Waals surface area contributed by atoms with Gasteiger partial charge in [0, 0.05) is 9.79 Å². The van der Waals surface area contributed by atoms with Crippen molar-refractivity contribution in [3.8, 4) is 0 Å². The van der Waals surface area contributed by atoms with Gasteiger partial charge in [-0.15, -0.1) is 0 Å². The van der Waals surface area contributed by atoms with E-state index in [2.05, 4.69) is 38.1 Å². The van der Waals surface area contributed by atoms with E-state index >= 15 is 0 Å². The van der Waals surface area contributed by atoms with Crippen LogP contribution in [0, 0.1) is 0 Å². The monoisotopic (exact) mass is 306 g/mol. The third-order valence-electron chi connectivity index (χ3n) is 3.21. The van der Waals surface area contributed by atoms with Crippen LogP contribution in [0.15, 0.2) is 52.3 Å². The van der Waals surface area contributed by atoms with Gasteiger partial charge < -0.3 is 5.11 Å². The minimum Gasteiger partial charge on any atom is -0.389 e. The number of hydrogen-bond donors (Lipinski definition) is 1. The number of rotatable bonds is 4. The molecule has 0 bridgehead atoms. The highest BCUT2D eigenvalue weighted by molar-refractivity contribution is 7.99. The zero-order chi connectivity index (χ0) is 14.7. The molecule has 0 spiro atoms. The molecule has 0 fully saturated rings. The van der Waals surface area contributed by atoms with Crippen molar-refractivity contribution < 1.29 is 5.11 Å². The van der Waals surface area contributed by atoms with Gasteiger partial charge in [0.1, 0.15) is 0 Å². The van der Waals surface area contributed by atoms with Gasteiger partial charge in [0.25, 0.3) is 0 Å². The molecule has 1 atom stereocenters. The molecule has 3 heteroatoms. The van der Waals surface area contributed by atoms with E-state index in [-0.39, 0.29) is 0 Å². The molecule has 0 aliphatic carbocycles. The van der Waals surface area contributed by atoms with E-state index in [4.69, 9.17) is 11.6 Å². The second-order valence-corrected chi connectivity index (χ2v) is 6.71. The van der Waals surface area contributed by atoms with Crippen LogP contribution in [0.25, 0.3) is 0 Å². The van der Waals surface area contributed by atoms with Gasteiger partial charge in [-0.1, -0.05) is 55.4 Å². The fourth-order valence-electron chi connectivity index (χ4n) is 1.91. The Morgan fingerprint density at radius 3 is 2.05 bits per heavy atom. The van der Waals surface area contributed by atoms with Gasteiger partial charge >= 0.3 is 0 Å². The van der Waals surface area contributed by atoms with Crippen LogP contribution in [0.3, 0.4) is 0 Å². The Labute approximate surface area is 130 Å². The third kappa shape index (κ3) is 3.78. The molecule has 0 aromatic heterocycles. The van der Waals surface area contributed by atoms with E-state index in [1.54, 1.807) is 18.7 Å². The molecule has 0 heterocycles. The van der Waals surface area contributed by atoms with Crippen molar-refractivity contribution in [2.45, 2.75) is 42.6 Å².